The standard InChI is InChI=1S/C18H30N2O2/c1-13(2)11-20-6-7-21-16(12-20)10-19-9-15-4-5-18(22-15)17-8-14(17)3/h4-5,13-14,16-17,19H,6-12H2,1-3H3. The average Bonchev–Trinajstić information content (AvgIpc) is 3.01. The topological polar surface area (TPSA) is 37.6 Å². The molecule has 1 aliphatic carbocycles. The van der Waals surface area contributed by atoms with E-state index in [9.17, 15) is 0 Å². The molecule has 0 bridgehead atoms. The highest BCUT2D eigenvalue weighted by Crippen LogP contribution is 2.47. The van der Waals surface area contributed by atoms with Gasteiger partial charge < -0.3 is 14.5 Å². The molecule has 1 saturated carbocycles. The quantitative estimate of drug-likeness (QED) is 0.840. The van der Waals surface area contributed by atoms with E-state index >= 15 is 0 Å². The predicted octanol–water partition coefficient (Wildman–Crippen LogP) is 2.85. The molecule has 3 atom stereocenters. The summed E-state index contributed by atoms with van der Waals surface area (Å²) in [5.41, 5.74) is 0. The van der Waals surface area contributed by atoms with Crippen LogP contribution < -0.4 is 5.32 Å². The zero-order valence-electron chi connectivity index (χ0n) is 14.2. The summed E-state index contributed by atoms with van der Waals surface area (Å²) in [5, 5.41) is 3.48. The van der Waals surface area contributed by atoms with Crippen LogP contribution in [-0.2, 0) is 11.3 Å². The number of furan rings is 1. The Labute approximate surface area is 134 Å². The van der Waals surface area contributed by atoms with Gasteiger partial charge in [-0.05, 0) is 30.4 Å². The Bertz CT molecular complexity index is 471. The maximum Gasteiger partial charge on any atom is 0.117 e. The van der Waals surface area contributed by atoms with Gasteiger partial charge in [-0.1, -0.05) is 20.8 Å². The molecule has 1 saturated heterocycles. The van der Waals surface area contributed by atoms with Gasteiger partial charge in [-0.3, -0.25) is 4.90 Å². The second-order valence-electron chi connectivity index (χ2n) is 7.40. The Kier molecular flexibility index (Phi) is 5.21. The van der Waals surface area contributed by atoms with Crippen LogP contribution in [0, 0.1) is 11.8 Å². The number of rotatable bonds is 7. The number of nitrogens with zero attached hydrogens (tertiary/aromatic N) is 1. The van der Waals surface area contributed by atoms with Crippen molar-refractivity contribution in [3.8, 4) is 0 Å². The van der Waals surface area contributed by atoms with Crippen molar-refractivity contribution < 1.29 is 9.15 Å². The molecular formula is C18H30N2O2. The Morgan fingerprint density at radius 2 is 2.18 bits per heavy atom. The SMILES string of the molecule is CC(C)CN1CCOC(CNCc2ccc(C3CC3C)o2)C1. The maximum atomic E-state index is 5.93. The molecule has 2 heterocycles. The van der Waals surface area contributed by atoms with E-state index in [1.54, 1.807) is 0 Å². The van der Waals surface area contributed by atoms with Crippen molar-refractivity contribution in [3.05, 3.63) is 23.7 Å². The Morgan fingerprint density at radius 3 is 2.91 bits per heavy atom. The third kappa shape index (κ3) is 4.34. The lowest BCUT2D eigenvalue weighted by Crippen LogP contribution is -2.47. The van der Waals surface area contributed by atoms with Crippen molar-refractivity contribution >= 4 is 0 Å². The number of nitrogens with one attached hydrogen (secondary N) is 1. The van der Waals surface area contributed by atoms with Gasteiger partial charge in [0.2, 0.25) is 0 Å². The smallest absolute Gasteiger partial charge is 0.117 e. The van der Waals surface area contributed by atoms with Gasteiger partial charge in [0.1, 0.15) is 11.5 Å². The number of morpholine rings is 1. The van der Waals surface area contributed by atoms with Crippen LogP contribution in [0.5, 0.6) is 0 Å². The van der Waals surface area contributed by atoms with Crippen LogP contribution in [0.25, 0.3) is 0 Å². The Morgan fingerprint density at radius 1 is 1.36 bits per heavy atom. The molecule has 1 aliphatic heterocycles. The van der Waals surface area contributed by atoms with E-state index in [0.717, 1.165) is 50.4 Å². The molecule has 1 N–H and O–H groups in total. The Balaban J connectivity index is 1.38. The van der Waals surface area contributed by atoms with Gasteiger partial charge in [-0.2, -0.15) is 0 Å². The zero-order chi connectivity index (χ0) is 15.5. The lowest BCUT2D eigenvalue weighted by Gasteiger charge is -2.34. The molecule has 22 heavy (non-hydrogen) atoms. The van der Waals surface area contributed by atoms with Crippen LogP contribution in [0.2, 0.25) is 0 Å². The molecule has 4 heteroatoms. The fourth-order valence-electron chi connectivity index (χ4n) is 3.35. The van der Waals surface area contributed by atoms with Crippen molar-refractivity contribution in [1.29, 1.82) is 0 Å². The van der Waals surface area contributed by atoms with Crippen molar-refractivity contribution in [2.75, 3.05) is 32.8 Å². The largest absolute Gasteiger partial charge is 0.464 e. The summed E-state index contributed by atoms with van der Waals surface area (Å²) >= 11 is 0. The minimum atomic E-state index is 0.297. The summed E-state index contributed by atoms with van der Waals surface area (Å²) in [6.07, 6.45) is 1.58. The molecule has 1 aromatic heterocycles. The molecule has 124 valence electrons. The highest BCUT2D eigenvalue weighted by atomic mass is 16.5. The molecule has 2 fully saturated rings. The first-order valence-electron chi connectivity index (χ1n) is 8.75. The van der Waals surface area contributed by atoms with E-state index in [2.05, 4.69) is 43.1 Å². The van der Waals surface area contributed by atoms with Gasteiger partial charge >= 0.3 is 0 Å². The van der Waals surface area contributed by atoms with Gasteiger partial charge in [0, 0.05) is 32.1 Å². The maximum absolute atomic E-state index is 5.93. The van der Waals surface area contributed by atoms with Crippen LogP contribution in [0.15, 0.2) is 16.5 Å². The molecule has 2 aliphatic rings. The number of ether oxygens (including phenoxy) is 1. The highest BCUT2D eigenvalue weighted by Gasteiger charge is 2.36. The first-order valence-corrected chi connectivity index (χ1v) is 8.75. The molecule has 0 spiro atoms. The minimum absolute atomic E-state index is 0.297. The molecule has 4 nitrogen and oxygen atoms in total. The summed E-state index contributed by atoms with van der Waals surface area (Å²) < 4.78 is 11.8. The second kappa shape index (κ2) is 7.16. The van der Waals surface area contributed by atoms with E-state index in [1.807, 2.05) is 0 Å². The third-order valence-corrected chi connectivity index (χ3v) is 4.67. The normalized spacial score (nSPS) is 29.2. The van der Waals surface area contributed by atoms with Crippen molar-refractivity contribution in [1.82, 2.24) is 10.2 Å². The first kappa shape index (κ1) is 16.0. The van der Waals surface area contributed by atoms with E-state index < -0.39 is 0 Å². The van der Waals surface area contributed by atoms with Crippen LogP contribution in [-0.4, -0.2) is 43.8 Å². The fraction of sp³-hybridized carbons (Fsp3) is 0.778. The molecule has 1 aromatic rings. The van der Waals surface area contributed by atoms with Crippen molar-refractivity contribution in [2.24, 2.45) is 11.8 Å². The minimum Gasteiger partial charge on any atom is -0.464 e. The Hall–Kier alpha value is -0.840. The molecule has 0 radical (unpaired) electrons. The number of hydrogen-bond donors (Lipinski definition) is 1. The highest BCUT2D eigenvalue weighted by molar-refractivity contribution is 5.17. The molecule has 0 amide bonds. The summed E-state index contributed by atoms with van der Waals surface area (Å²) in [4.78, 5) is 2.51. The van der Waals surface area contributed by atoms with Crippen LogP contribution >= 0.6 is 0 Å². The fourth-order valence-corrected chi connectivity index (χ4v) is 3.35. The summed E-state index contributed by atoms with van der Waals surface area (Å²) in [7, 11) is 0. The average molecular weight is 306 g/mol. The van der Waals surface area contributed by atoms with Crippen molar-refractivity contribution in [2.45, 2.75) is 45.8 Å². The molecule has 3 unspecified atom stereocenters. The third-order valence-electron chi connectivity index (χ3n) is 4.67. The summed E-state index contributed by atoms with van der Waals surface area (Å²) in [5.74, 6) is 4.40. The lowest BCUT2D eigenvalue weighted by molar-refractivity contribution is -0.0304. The van der Waals surface area contributed by atoms with Gasteiger partial charge in [-0.15, -0.1) is 0 Å². The molecule has 0 aromatic carbocycles. The van der Waals surface area contributed by atoms with E-state index in [4.69, 9.17) is 9.15 Å². The summed E-state index contributed by atoms with van der Waals surface area (Å²) in [6, 6.07) is 4.26. The monoisotopic (exact) mass is 306 g/mol. The van der Waals surface area contributed by atoms with Gasteiger partial charge in [0.15, 0.2) is 0 Å². The first-order chi connectivity index (χ1) is 10.6. The van der Waals surface area contributed by atoms with E-state index in [0.29, 0.717) is 12.0 Å². The van der Waals surface area contributed by atoms with E-state index in [1.165, 1.54) is 18.7 Å². The lowest BCUT2D eigenvalue weighted by atomic mass is 10.2. The molecule has 3 rings (SSSR count). The predicted molar refractivity (Wildman–Crippen MR) is 88.0 cm³/mol. The number of hydrogen-bond acceptors (Lipinski definition) is 4. The second-order valence-corrected chi connectivity index (χ2v) is 7.40. The van der Waals surface area contributed by atoms with E-state index in [-0.39, 0.29) is 0 Å². The van der Waals surface area contributed by atoms with Crippen LogP contribution in [0.1, 0.15) is 44.6 Å². The van der Waals surface area contributed by atoms with Crippen LogP contribution in [0.4, 0.5) is 0 Å². The molecular weight excluding hydrogens is 276 g/mol. The van der Waals surface area contributed by atoms with Gasteiger partial charge in [-0.25, -0.2) is 0 Å². The van der Waals surface area contributed by atoms with Gasteiger partial charge in [0.05, 0.1) is 19.3 Å². The zero-order valence-corrected chi connectivity index (χ0v) is 14.2. The summed E-state index contributed by atoms with van der Waals surface area (Å²) in [6.45, 7) is 12.6. The van der Waals surface area contributed by atoms with Crippen molar-refractivity contribution in [3.63, 3.8) is 0 Å². The van der Waals surface area contributed by atoms with Gasteiger partial charge in [0.25, 0.3) is 0 Å². The van der Waals surface area contributed by atoms with Crippen LogP contribution in [0.3, 0.4) is 0 Å².